The molecule has 11 heteroatoms. The standard InChI is InChI=1S/C29H26F3N7O/c1-5-6-21(15-33-4)25-9-10-34-28(37-25)38-26-11-20(8-7-18(26)2)27(40)36-23-12-22(29(30,31)32)13-24(14-23)39-16-19(3)35-17-39/h5-17H,1H2,2-4H3,(H,36,40)(H,34,37,38). The molecule has 0 unspecified atom stereocenters. The number of nitrogens with one attached hydrogen (secondary N) is 2. The first-order valence-electron chi connectivity index (χ1n) is 12.1. The second-order valence-electron chi connectivity index (χ2n) is 8.81. The van der Waals surface area contributed by atoms with E-state index in [0.29, 0.717) is 17.1 Å². The number of carbonyl (C=O) groups excluding carboxylic acids is 1. The SMILES string of the molecule is C=CC=C(C=NC)c1ccnc(Nc2cc(C(=O)Nc3cc(-n4cnc(C)c4)cc(C(F)(F)F)c3)ccc2C)n1. The number of hydrogen-bond acceptors (Lipinski definition) is 6. The van der Waals surface area contributed by atoms with Crippen molar-refractivity contribution in [3.05, 3.63) is 108 Å². The van der Waals surface area contributed by atoms with Crippen molar-refractivity contribution in [2.75, 3.05) is 17.7 Å². The quantitative estimate of drug-likeness (QED) is 0.193. The number of carbonyl (C=O) groups is 1. The van der Waals surface area contributed by atoms with Crippen molar-refractivity contribution in [1.82, 2.24) is 19.5 Å². The topological polar surface area (TPSA) is 97.1 Å². The van der Waals surface area contributed by atoms with Gasteiger partial charge in [0.15, 0.2) is 0 Å². The highest BCUT2D eigenvalue weighted by Gasteiger charge is 2.31. The summed E-state index contributed by atoms with van der Waals surface area (Å²) in [7, 11) is 1.65. The number of anilines is 3. The van der Waals surface area contributed by atoms with Crippen molar-refractivity contribution in [2.24, 2.45) is 4.99 Å². The number of aryl methyl sites for hydroxylation is 2. The monoisotopic (exact) mass is 545 g/mol. The molecule has 40 heavy (non-hydrogen) atoms. The zero-order valence-corrected chi connectivity index (χ0v) is 22.0. The Hall–Kier alpha value is -5.06. The van der Waals surface area contributed by atoms with Gasteiger partial charge < -0.3 is 15.2 Å². The molecule has 0 fully saturated rings. The van der Waals surface area contributed by atoms with Gasteiger partial charge >= 0.3 is 6.18 Å². The summed E-state index contributed by atoms with van der Waals surface area (Å²) in [6.45, 7) is 7.28. The van der Waals surface area contributed by atoms with Gasteiger partial charge in [-0.1, -0.05) is 24.8 Å². The van der Waals surface area contributed by atoms with E-state index in [9.17, 15) is 18.0 Å². The Morgan fingerprint density at radius 1 is 1.10 bits per heavy atom. The van der Waals surface area contributed by atoms with Crippen LogP contribution in [0.4, 0.5) is 30.5 Å². The van der Waals surface area contributed by atoms with Crippen LogP contribution in [0.25, 0.3) is 11.3 Å². The van der Waals surface area contributed by atoms with Gasteiger partial charge in [0.2, 0.25) is 5.95 Å². The maximum absolute atomic E-state index is 13.6. The number of alkyl halides is 3. The summed E-state index contributed by atoms with van der Waals surface area (Å²) in [5.74, 6) is -0.295. The predicted molar refractivity (Wildman–Crippen MR) is 150 cm³/mol. The normalized spacial score (nSPS) is 12.0. The van der Waals surface area contributed by atoms with Gasteiger partial charge in [0.1, 0.15) is 0 Å². The number of aromatic nitrogens is 4. The van der Waals surface area contributed by atoms with Crippen LogP contribution in [-0.4, -0.2) is 38.7 Å². The van der Waals surface area contributed by atoms with E-state index < -0.39 is 17.6 Å². The number of hydrogen-bond donors (Lipinski definition) is 2. The molecule has 0 atom stereocenters. The van der Waals surface area contributed by atoms with Crippen molar-refractivity contribution in [3.63, 3.8) is 0 Å². The van der Waals surface area contributed by atoms with Crippen molar-refractivity contribution in [3.8, 4) is 5.69 Å². The Morgan fingerprint density at radius 2 is 1.90 bits per heavy atom. The third-order valence-electron chi connectivity index (χ3n) is 5.78. The fraction of sp³-hybridized carbons (Fsp3) is 0.138. The van der Waals surface area contributed by atoms with Crippen molar-refractivity contribution < 1.29 is 18.0 Å². The zero-order chi connectivity index (χ0) is 28.9. The minimum atomic E-state index is -4.61. The number of rotatable bonds is 8. The van der Waals surface area contributed by atoms with Gasteiger partial charge in [-0.25, -0.2) is 15.0 Å². The number of amides is 1. The molecule has 2 N–H and O–H groups in total. The molecule has 0 bridgehead atoms. The van der Waals surface area contributed by atoms with Gasteiger partial charge in [-0.2, -0.15) is 13.2 Å². The summed E-state index contributed by atoms with van der Waals surface area (Å²) in [6.07, 6.45) is 5.04. The summed E-state index contributed by atoms with van der Waals surface area (Å²) < 4.78 is 42.3. The number of nitrogens with zero attached hydrogens (tertiary/aromatic N) is 5. The van der Waals surface area contributed by atoms with E-state index >= 15 is 0 Å². The third kappa shape index (κ3) is 6.68. The fourth-order valence-electron chi connectivity index (χ4n) is 3.82. The van der Waals surface area contributed by atoms with Gasteiger partial charge in [0, 0.05) is 53.9 Å². The highest BCUT2D eigenvalue weighted by Crippen LogP contribution is 2.33. The van der Waals surface area contributed by atoms with Crippen molar-refractivity contribution >= 4 is 35.0 Å². The van der Waals surface area contributed by atoms with Gasteiger partial charge in [0.05, 0.1) is 23.3 Å². The van der Waals surface area contributed by atoms with Gasteiger partial charge in [-0.15, -0.1) is 0 Å². The maximum Gasteiger partial charge on any atom is 0.416 e. The molecule has 0 aliphatic rings. The van der Waals surface area contributed by atoms with E-state index in [4.69, 9.17) is 0 Å². The molecular weight excluding hydrogens is 519 g/mol. The van der Waals surface area contributed by atoms with E-state index in [1.54, 1.807) is 69.0 Å². The second-order valence-corrected chi connectivity index (χ2v) is 8.81. The average Bonchev–Trinajstić information content (AvgIpc) is 3.35. The minimum absolute atomic E-state index is 0.00794. The number of benzene rings is 2. The van der Waals surface area contributed by atoms with Crippen LogP contribution in [0.15, 0.2) is 84.9 Å². The molecular formula is C29H26F3N7O. The summed E-state index contributed by atoms with van der Waals surface area (Å²) in [6, 6.07) is 9.97. The Balaban J connectivity index is 1.61. The lowest BCUT2D eigenvalue weighted by atomic mass is 10.1. The van der Waals surface area contributed by atoms with E-state index in [1.165, 1.54) is 17.0 Å². The molecule has 2 heterocycles. The Morgan fingerprint density at radius 3 is 2.58 bits per heavy atom. The van der Waals surface area contributed by atoms with E-state index in [0.717, 1.165) is 23.3 Å². The molecule has 0 spiro atoms. The second kappa shape index (κ2) is 11.8. The molecule has 204 valence electrons. The van der Waals surface area contributed by atoms with E-state index in [-0.39, 0.29) is 22.9 Å². The lowest BCUT2D eigenvalue weighted by molar-refractivity contribution is -0.137. The predicted octanol–water partition coefficient (Wildman–Crippen LogP) is 6.56. The van der Waals surface area contributed by atoms with E-state index in [2.05, 4.69) is 37.2 Å². The molecule has 0 saturated carbocycles. The van der Waals surface area contributed by atoms with Gasteiger partial charge in [-0.05, 0) is 55.8 Å². The molecule has 2 aromatic carbocycles. The molecule has 2 aromatic heterocycles. The van der Waals surface area contributed by atoms with Crippen LogP contribution in [0.3, 0.4) is 0 Å². The fourth-order valence-corrected chi connectivity index (χ4v) is 3.82. The molecule has 8 nitrogen and oxygen atoms in total. The van der Waals surface area contributed by atoms with Crippen LogP contribution in [0, 0.1) is 13.8 Å². The molecule has 0 aliphatic heterocycles. The largest absolute Gasteiger partial charge is 0.416 e. The lowest BCUT2D eigenvalue weighted by Crippen LogP contribution is -2.14. The molecule has 4 rings (SSSR count). The summed E-state index contributed by atoms with van der Waals surface area (Å²) in [4.78, 5) is 30.0. The Bertz CT molecular complexity index is 1620. The van der Waals surface area contributed by atoms with E-state index in [1.807, 2.05) is 6.92 Å². The molecule has 0 aliphatic carbocycles. The summed E-state index contributed by atoms with van der Waals surface area (Å²) in [5, 5.41) is 5.70. The van der Waals surface area contributed by atoms with Crippen molar-refractivity contribution in [2.45, 2.75) is 20.0 Å². The first-order chi connectivity index (χ1) is 19.1. The summed E-state index contributed by atoms with van der Waals surface area (Å²) in [5.41, 5.74) is 2.89. The van der Waals surface area contributed by atoms with Crippen molar-refractivity contribution in [1.29, 1.82) is 0 Å². The summed E-state index contributed by atoms with van der Waals surface area (Å²) >= 11 is 0. The zero-order valence-electron chi connectivity index (χ0n) is 22.0. The van der Waals surface area contributed by atoms with Crippen LogP contribution >= 0.6 is 0 Å². The first kappa shape index (κ1) is 28.0. The minimum Gasteiger partial charge on any atom is -0.324 e. The molecule has 0 saturated heterocycles. The van der Waals surface area contributed by atoms with Crippen LogP contribution in [0.1, 0.15) is 32.9 Å². The molecule has 1 amide bonds. The highest BCUT2D eigenvalue weighted by atomic mass is 19.4. The molecule has 0 radical (unpaired) electrons. The van der Waals surface area contributed by atoms with Crippen LogP contribution < -0.4 is 10.6 Å². The number of allylic oxidation sites excluding steroid dienone is 3. The van der Waals surface area contributed by atoms with Gasteiger partial charge in [-0.3, -0.25) is 9.79 Å². The van der Waals surface area contributed by atoms with Gasteiger partial charge in [0.25, 0.3) is 5.91 Å². The highest BCUT2D eigenvalue weighted by molar-refractivity contribution is 6.09. The average molecular weight is 546 g/mol. The van der Waals surface area contributed by atoms with Crippen LogP contribution in [0.2, 0.25) is 0 Å². The number of halogens is 3. The first-order valence-corrected chi connectivity index (χ1v) is 12.1. The smallest absolute Gasteiger partial charge is 0.324 e. The van der Waals surface area contributed by atoms with Crippen LogP contribution in [0.5, 0.6) is 0 Å². The number of aliphatic imine (C=N–C) groups is 1. The van der Waals surface area contributed by atoms with Crippen LogP contribution in [-0.2, 0) is 6.18 Å². The Labute approximate surface area is 229 Å². The number of imidazole rings is 1. The third-order valence-corrected chi connectivity index (χ3v) is 5.78. The molecule has 4 aromatic rings. The maximum atomic E-state index is 13.6. The lowest BCUT2D eigenvalue weighted by Gasteiger charge is -2.14. The Kier molecular flexibility index (Phi) is 8.23.